The van der Waals surface area contributed by atoms with Crippen LogP contribution in [0.3, 0.4) is 0 Å². The molecule has 0 bridgehead atoms. The Morgan fingerprint density at radius 2 is 1.76 bits per heavy atom. The number of hydrogen-bond acceptors (Lipinski definition) is 3. The van der Waals surface area contributed by atoms with Crippen LogP contribution in [-0.2, 0) is 0 Å². The van der Waals surface area contributed by atoms with E-state index in [0.717, 1.165) is 11.3 Å². The van der Waals surface area contributed by atoms with E-state index < -0.39 is 5.91 Å². The van der Waals surface area contributed by atoms with Gasteiger partial charge in [-0.1, -0.05) is 30.3 Å². The zero-order valence-corrected chi connectivity index (χ0v) is 11.1. The van der Waals surface area contributed by atoms with Crippen LogP contribution in [-0.4, -0.2) is 16.1 Å². The van der Waals surface area contributed by atoms with Gasteiger partial charge in [-0.15, -0.1) is 0 Å². The Morgan fingerprint density at radius 3 is 2.48 bits per heavy atom. The highest BCUT2D eigenvalue weighted by molar-refractivity contribution is 5.92. The topological polar surface area (TPSA) is 81.0 Å². The van der Waals surface area contributed by atoms with Crippen LogP contribution in [0.1, 0.15) is 10.5 Å². The van der Waals surface area contributed by atoms with E-state index in [0.29, 0.717) is 11.4 Å². The number of primary amides is 1. The zero-order chi connectivity index (χ0) is 14.7. The van der Waals surface area contributed by atoms with E-state index >= 15 is 0 Å². The Hall–Kier alpha value is -3.08. The number of carbonyl (C=O) groups is 1. The van der Waals surface area contributed by atoms with E-state index in [1.54, 1.807) is 6.07 Å². The standard InChI is InChI=1S/C16H13N3O2/c17-16(20)14-10-13(18-19-14)12-8-4-5-9-15(12)21-11-6-2-1-3-7-11/h1-10H,(H2,17,20)(H,18,19). The first-order valence-corrected chi connectivity index (χ1v) is 6.41. The Morgan fingerprint density at radius 1 is 1.05 bits per heavy atom. The summed E-state index contributed by atoms with van der Waals surface area (Å²) in [4.78, 5) is 11.1. The lowest BCUT2D eigenvalue weighted by atomic mass is 10.1. The second-order valence-electron chi connectivity index (χ2n) is 4.44. The van der Waals surface area contributed by atoms with Gasteiger partial charge in [0.05, 0.1) is 5.69 Å². The van der Waals surface area contributed by atoms with Crippen molar-refractivity contribution in [2.45, 2.75) is 0 Å². The van der Waals surface area contributed by atoms with Crippen LogP contribution in [0, 0.1) is 0 Å². The number of aromatic amines is 1. The lowest BCUT2D eigenvalue weighted by Gasteiger charge is -2.09. The van der Waals surface area contributed by atoms with E-state index in [4.69, 9.17) is 10.5 Å². The van der Waals surface area contributed by atoms with Gasteiger partial charge >= 0.3 is 0 Å². The Balaban J connectivity index is 1.97. The summed E-state index contributed by atoms with van der Waals surface area (Å²) in [6.07, 6.45) is 0. The SMILES string of the molecule is NC(=O)c1cc(-c2ccccc2Oc2ccccc2)[nH]n1. The van der Waals surface area contributed by atoms with Crippen molar-refractivity contribution in [2.24, 2.45) is 5.73 Å². The fourth-order valence-electron chi connectivity index (χ4n) is 1.98. The molecule has 3 rings (SSSR count). The number of H-pyrrole nitrogens is 1. The summed E-state index contributed by atoms with van der Waals surface area (Å²) in [5.41, 5.74) is 6.89. The van der Waals surface area contributed by atoms with Crippen LogP contribution in [0.4, 0.5) is 0 Å². The highest BCUT2D eigenvalue weighted by atomic mass is 16.5. The average Bonchev–Trinajstić information content (AvgIpc) is 2.99. The molecule has 5 nitrogen and oxygen atoms in total. The smallest absolute Gasteiger partial charge is 0.269 e. The highest BCUT2D eigenvalue weighted by Crippen LogP contribution is 2.32. The van der Waals surface area contributed by atoms with Gasteiger partial charge in [0, 0.05) is 5.56 Å². The van der Waals surface area contributed by atoms with Gasteiger partial charge in [-0.2, -0.15) is 5.10 Å². The van der Waals surface area contributed by atoms with Crippen LogP contribution < -0.4 is 10.5 Å². The number of ether oxygens (including phenoxy) is 1. The van der Waals surface area contributed by atoms with Crippen molar-refractivity contribution in [3.8, 4) is 22.8 Å². The number of nitrogens with one attached hydrogen (secondary N) is 1. The van der Waals surface area contributed by atoms with E-state index in [1.165, 1.54) is 0 Å². The fraction of sp³-hybridized carbons (Fsp3) is 0. The molecule has 0 fully saturated rings. The van der Waals surface area contributed by atoms with E-state index in [9.17, 15) is 4.79 Å². The molecule has 21 heavy (non-hydrogen) atoms. The molecule has 2 aromatic carbocycles. The van der Waals surface area contributed by atoms with Crippen molar-refractivity contribution in [1.29, 1.82) is 0 Å². The van der Waals surface area contributed by atoms with Crippen molar-refractivity contribution in [3.05, 3.63) is 66.4 Å². The van der Waals surface area contributed by atoms with Crippen LogP contribution >= 0.6 is 0 Å². The molecule has 0 atom stereocenters. The number of amides is 1. The molecule has 0 saturated heterocycles. The van der Waals surface area contributed by atoms with E-state index in [-0.39, 0.29) is 5.69 Å². The fourth-order valence-corrected chi connectivity index (χ4v) is 1.98. The van der Waals surface area contributed by atoms with Gasteiger partial charge in [0.1, 0.15) is 17.2 Å². The summed E-state index contributed by atoms with van der Waals surface area (Å²) in [6.45, 7) is 0. The third-order valence-corrected chi connectivity index (χ3v) is 2.98. The number of para-hydroxylation sites is 2. The minimum Gasteiger partial charge on any atom is -0.457 e. The number of nitrogens with zero attached hydrogens (tertiary/aromatic N) is 1. The van der Waals surface area contributed by atoms with Gasteiger partial charge in [0.15, 0.2) is 0 Å². The van der Waals surface area contributed by atoms with Crippen LogP contribution in [0.2, 0.25) is 0 Å². The second kappa shape index (κ2) is 5.50. The average molecular weight is 279 g/mol. The van der Waals surface area contributed by atoms with E-state index in [2.05, 4.69) is 10.2 Å². The summed E-state index contributed by atoms with van der Waals surface area (Å²) in [7, 11) is 0. The number of hydrogen-bond donors (Lipinski definition) is 2. The van der Waals surface area contributed by atoms with Gasteiger partial charge in [-0.25, -0.2) is 0 Å². The molecule has 3 aromatic rings. The Kier molecular flexibility index (Phi) is 3.39. The summed E-state index contributed by atoms with van der Waals surface area (Å²) in [6, 6.07) is 18.6. The molecule has 104 valence electrons. The quantitative estimate of drug-likeness (QED) is 0.770. The Labute approximate surface area is 121 Å². The first-order chi connectivity index (χ1) is 10.2. The predicted molar refractivity (Wildman–Crippen MR) is 79.1 cm³/mol. The summed E-state index contributed by atoms with van der Waals surface area (Å²) < 4.78 is 5.87. The van der Waals surface area contributed by atoms with Crippen molar-refractivity contribution in [3.63, 3.8) is 0 Å². The monoisotopic (exact) mass is 279 g/mol. The summed E-state index contributed by atoms with van der Waals surface area (Å²) in [5, 5.41) is 6.68. The summed E-state index contributed by atoms with van der Waals surface area (Å²) >= 11 is 0. The molecule has 0 saturated carbocycles. The molecule has 5 heteroatoms. The van der Waals surface area contributed by atoms with Gasteiger partial charge in [0.2, 0.25) is 0 Å². The van der Waals surface area contributed by atoms with Crippen LogP contribution in [0.25, 0.3) is 11.3 Å². The van der Waals surface area contributed by atoms with Crippen molar-refractivity contribution < 1.29 is 9.53 Å². The molecule has 0 aliphatic heterocycles. The molecule has 0 spiro atoms. The van der Waals surface area contributed by atoms with Crippen molar-refractivity contribution in [1.82, 2.24) is 10.2 Å². The predicted octanol–water partition coefficient (Wildman–Crippen LogP) is 2.97. The maximum atomic E-state index is 11.1. The second-order valence-corrected chi connectivity index (χ2v) is 4.44. The number of benzene rings is 2. The highest BCUT2D eigenvalue weighted by Gasteiger charge is 2.12. The maximum absolute atomic E-state index is 11.1. The largest absolute Gasteiger partial charge is 0.457 e. The summed E-state index contributed by atoms with van der Waals surface area (Å²) in [5.74, 6) is 0.835. The number of rotatable bonds is 4. The molecule has 3 N–H and O–H groups in total. The molecule has 0 aliphatic carbocycles. The number of carbonyl (C=O) groups excluding carboxylic acids is 1. The molecular formula is C16H13N3O2. The number of nitrogens with two attached hydrogens (primary N) is 1. The van der Waals surface area contributed by atoms with Gasteiger partial charge < -0.3 is 10.5 Å². The van der Waals surface area contributed by atoms with Crippen molar-refractivity contribution in [2.75, 3.05) is 0 Å². The third-order valence-electron chi connectivity index (χ3n) is 2.98. The molecule has 0 unspecified atom stereocenters. The number of aromatic nitrogens is 2. The van der Waals surface area contributed by atoms with Gasteiger partial charge in [-0.05, 0) is 30.3 Å². The molecule has 1 amide bonds. The van der Waals surface area contributed by atoms with Crippen LogP contribution in [0.5, 0.6) is 11.5 Å². The van der Waals surface area contributed by atoms with Gasteiger partial charge in [0.25, 0.3) is 5.91 Å². The maximum Gasteiger partial charge on any atom is 0.269 e. The molecule has 0 aliphatic rings. The normalized spacial score (nSPS) is 10.3. The lowest BCUT2D eigenvalue weighted by molar-refractivity contribution is 0.0995. The minimum absolute atomic E-state index is 0.194. The molecule has 0 radical (unpaired) electrons. The third kappa shape index (κ3) is 2.76. The zero-order valence-electron chi connectivity index (χ0n) is 11.1. The van der Waals surface area contributed by atoms with Gasteiger partial charge in [-0.3, -0.25) is 9.89 Å². The minimum atomic E-state index is -0.570. The van der Waals surface area contributed by atoms with E-state index in [1.807, 2.05) is 54.6 Å². The molecule has 1 aromatic heterocycles. The lowest BCUT2D eigenvalue weighted by Crippen LogP contribution is -2.10. The first-order valence-electron chi connectivity index (χ1n) is 6.41. The van der Waals surface area contributed by atoms with Crippen LogP contribution in [0.15, 0.2) is 60.7 Å². The Bertz CT molecular complexity index is 766. The molecular weight excluding hydrogens is 266 g/mol. The first kappa shape index (κ1) is 12.9. The molecule has 1 heterocycles. The van der Waals surface area contributed by atoms with Crippen molar-refractivity contribution >= 4 is 5.91 Å².